The van der Waals surface area contributed by atoms with Crippen LogP contribution in [0.1, 0.15) is 4.88 Å². The van der Waals surface area contributed by atoms with Crippen LogP contribution in [0.2, 0.25) is 5.28 Å². The van der Waals surface area contributed by atoms with E-state index in [2.05, 4.69) is 42.3 Å². The monoisotopic (exact) mass is 333 g/mol. The Bertz CT molecular complexity index is 498. The Morgan fingerprint density at radius 2 is 2.18 bits per heavy atom. The molecule has 3 N–H and O–H groups in total. The molecule has 0 atom stereocenters. The van der Waals surface area contributed by atoms with E-state index in [-0.39, 0.29) is 11.2 Å². The summed E-state index contributed by atoms with van der Waals surface area (Å²) < 4.78 is 1.12. The SMILES string of the molecule is Nc1nc(Cl)nc(NCCc2ccc(Br)s2)n1. The molecule has 0 saturated heterocycles. The lowest BCUT2D eigenvalue weighted by atomic mass is 10.3. The van der Waals surface area contributed by atoms with E-state index in [9.17, 15) is 0 Å². The van der Waals surface area contributed by atoms with Crippen LogP contribution in [0.25, 0.3) is 0 Å². The number of thiophene rings is 1. The lowest BCUT2D eigenvalue weighted by Gasteiger charge is -2.03. The highest BCUT2D eigenvalue weighted by Crippen LogP contribution is 2.22. The van der Waals surface area contributed by atoms with Crippen LogP contribution in [0, 0.1) is 0 Å². The van der Waals surface area contributed by atoms with Gasteiger partial charge in [-0.2, -0.15) is 15.0 Å². The van der Waals surface area contributed by atoms with Crippen LogP contribution in [0.15, 0.2) is 15.9 Å². The first kappa shape index (κ1) is 12.5. The Hall–Kier alpha value is -0.920. The Balaban J connectivity index is 1.89. The molecule has 2 heterocycles. The third-order valence-electron chi connectivity index (χ3n) is 1.91. The van der Waals surface area contributed by atoms with Gasteiger partial charge in [0.1, 0.15) is 0 Å². The second-order valence-electron chi connectivity index (χ2n) is 3.17. The van der Waals surface area contributed by atoms with Gasteiger partial charge in [-0.1, -0.05) is 0 Å². The van der Waals surface area contributed by atoms with Gasteiger partial charge in [-0.25, -0.2) is 0 Å². The van der Waals surface area contributed by atoms with Crippen molar-refractivity contribution in [3.63, 3.8) is 0 Å². The summed E-state index contributed by atoms with van der Waals surface area (Å²) in [6.45, 7) is 0.715. The molecule has 0 amide bonds. The molecule has 5 nitrogen and oxygen atoms in total. The minimum Gasteiger partial charge on any atom is -0.368 e. The van der Waals surface area contributed by atoms with Crippen LogP contribution in [0.4, 0.5) is 11.9 Å². The molecule has 0 saturated carbocycles. The number of nitrogens with zero attached hydrogens (tertiary/aromatic N) is 3. The van der Waals surface area contributed by atoms with Crippen LogP contribution in [-0.2, 0) is 6.42 Å². The second kappa shape index (κ2) is 5.61. The van der Waals surface area contributed by atoms with E-state index in [4.69, 9.17) is 17.3 Å². The summed E-state index contributed by atoms with van der Waals surface area (Å²) in [6.07, 6.45) is 0.888. The van der Waals surface area contributed by atoms with Gasteiger partial charge in [-0.15, -0.1) is 11.3 Å². The molecule has 0 aliphatic carbocycles. The fourth-order valence-corrected chi connectivity index (χ4v) is 2.88. The van der Waals surface area contributed by atoms with Crippen molar-refractivity contribution in [2.24, 2.45) is 0 Å². The second-order valence-corrected chi connectivity index (χ2v) is 6.05. The van der Waals surface area contributed by atoms with Crippen LogP contribution in [-0.4, -0.2) is 21.5 Å². The van der Waals surface area contributed by atoms with Crippen molar-refractivity contribution in [2.45, 2.75) is 6.42 Å². The predicted octanol–water partition coefficient (Wildman–Crippen LogP) is 2.59. The highest BCUT2D eigenvalue weighted by molar-refractivity contribution is 9.11. The molecule has 17 heavy (non-hydrogen) atoms. The predicted molar refractivity (Wildman–Crippen MR) is 73.5 cm³/mol. The van der Waals surface area contributed by atoms with Gasteiger partial charge in [-0.05, 0) is 46.1 Å². The molecule has 0 spiro atoms. The van der Waals surface area contributed by atoms with Crippen LogP contribution in [0.5, 0.6) is 0 Å². The fraction of sp³-hybridized carbons (Fsp3) is 0.222. The highest BCUT2D eigenvalue weighted by atomic mass is 79.9. The largest absolute Gasteiger partial charge is 0.368 e. The minimum absolute atomic E-state index is 0.0962. The standard InChI is InChI=1S/C9H9BrClN5S/c10-6-2-1-5(17-6)3-4-13-9-15-7(11)14-8(12)16-9/h1-2H,3-4H2,(H3,12,13,14,15,16). The molecule has 0 fully saturated rings. The summed E-state index contributed by atoms with van der Waals surface area (Å²) in [5, 5.41) is 3.14. The number of nitrogen functional groups attached to an aromatic ring is 1. The maximum absolute atomic E-state index is 5.66. The van der Waals surface area contributed by atoms with Crippen LogP contribution in [0.3, 0.4) is 0 Å². The molecule has 0 aromatic carbocycles. The van der Waals surface area contributed by atoms with Gasteiger partial charge in [0.25, 0.3) is 0 Å². The van der Waals surface area contributed by atoms with Gasteiger partial charge in [0, 0.05) is 11.4 Å². The average molecular weight is 335 g/mol. The van der Waals surface area contributed by atoms with Crippen molar-refractivity contribution >= 4 is 50.8 Å². The van der Waals surface area contributed by atoms with Gasteiger partial charge in [0.2, 0.25) is 17.2 Å². The molecular weight excluding hydrogens is 326 g/mol. The number of rotatable bonds is 4. The zero-order valence-electron chi connectivity index (χ0n) is 8.65. The van der Waals surface area contributed by atoms with E-state index >= 15 is 0 Å². The summed E-state index contributed by atoms with van der Waals surface area (Å²) in [4.78, 5) is 12.8. The molecule has 0 aliphatic rings. The van der Waals surface area contributed by atoms with Crippen molar-refractivity contribution in [3.8, 4) is 0 Å². The summed E-state index contributed by atoms with van der Waals surface area (Å²) in [7, 11) is 0. The first-order chi connectivity index (χ1) is 8.13. The summed E-state index contributed by atoms with van der Waals surface area (Å²) in [5.41, 5.74) is 5.45. The Morgan fingerprint density at radius 3 is 2.82 bits per heavy atom. The summed E-state index contributed by atoms with van der Waals surface area (Å²) in [5.74, 6) is 0.518. The molecule has 0 unspecified atom stereocenters. The number of halogens is 2. The van der Waals surface area contributed by atoms with Crippen molar-refractivity contribution < 1.29 is 0 Å². The zero-order chi connectivity index (χ0) is 12.3. The lowest BCUT2D eigenvalue weighted by molar-refractivity contribution is 0.980. The van der Waals surface area contributed by atoms with E-state index in [0.717, 1.165) is 10.2 Å². The molecule has 2 aromatic heterocycles. The van der Waals surface area contributed by atoms with E-state index in [1.165, 1.54) is 4.88 Å². The molecule has 2 rings (SSSR count). The molecule has 0 radical (unpaired) electrons. The van der Waals surface area contributed by atoms with E-state index in [1.54, 1.807) is 11.3 Å². The molecule has 90 valence electrons. The summed E-state index contributed by atoms with van der Waals surface area (Å²) in [6, 6.07) is 4.10. The Kier molecular flexibility index (Phi) is 4.14. The third-order valence-corrected chi connectivity index (χ3v) is 3.76. The number of hydrogen-bond donors (Lipinski definition) is 2. The molecule has 8 heteroatoms. The van der Waals surface area contributed by atoms with Gasteiger partial charge < -0.3 is 11.1 Å². The highest BCUT2D eigenvalue weighted by Gasteiger charge is 2.02. The van der Waals surface area contributed by atoms with Crippen LogP contribution < -0.4 is 11.1 Å². The lowest BCUT2D eigenvalue weighted by Crippen LogP contribution is -2.09. The average Bonchev–Trinajstić information content (AvgIpc) is 2.63. The number of aromatic nitrogens is 3. The van der Waals surface area contributed by atoms with Gasteiger partial charge in [0.15, 0.2) is 0 Å². The zero-order valence-corrected chi connectivity index (χ0v) is 11.8. The molecule has 2 aromatic rings. The third kappa shape index (κ3) is 3.79. The number of nitrogens with one attached hydrogen (secondary N) is 1. The Morgan fingerprint density at radius 1 is 1.35 bits per heavy atom. The van der Waals surface area contributed by atoms with Gasteiger partial charge in [-0.3, -0.25) is 0 Å². The molecule has 0 bridgehead atoms. The number of nitrogens with two attached hydrogens (primary N) is 1. The number of anilines is 2. The van der Waals surface area contributed by atoms with Crippen molar-refractivity contribution in [1.82, 2.24) is 15.0 Å². The van der Waals surface area contributed by atoms with Gasteiger partial charge >= 0.3 is 0 Å². The van der Waals surface area contributed by atoms with E-state index in [1.807, 2.05) is 6.07 Å². The fourth-order valence-electron chi connectivity index (χ4n) is 1.23. The number of hydrogen-bond acceptors (Lipinski definition) is 6. The maximum Gasteiger partial charge on any atom is 0.228 e. The first-order valence-electron chi connectivity index (χ1n) is 4.78. The van der Waals surface area contributed by atoms with Crippen molar-refractivity contribution in [1.29, 1.82) is 0 Å². The van der Waals surface area contributed by atoms with E-state index in [0.29, 0.717) is 12.5 Å². The first-order valence-corrected chi connectivity index (χ1v) is 6.77. The molecule has 0 aliphatic heterocycles. The van der Waals surface area contributed by atoms with E-state index < -0.39 is 0 Å². The van der Waals surface area contributed by atoms with Crippen LogP contribution >= 0.6 is 38.9 Å². The maximum atomic E-state index is 5.66. The topological polar surface area (TPSA) is 76.7 Å². The van der Waals surface area contributed by atoms with Gasteiger partial charge in [0.05, 0.1) is 3.79 Å². The normalized spacial score (nSPS) is 10.5. The Labute approximate surface area is 116 Å². The van der Waals surface area contributed by atoms with Crippen molar-refractivity contribution in [3.05, 3.63) is 26.1 Å². The summed E-state index contributed by atoms with van der Waals surface area (Å²) >= 11 is 10.8. The smallest absolute Gasteiger partial charge is 0.228 e. The quantitative estimate of drug-likeness (QED) is 0.898. The molecular formula is C9H9BrClN5S. The minimum atomic E-state index is 0.0962. The van der Waals surface area contributed by atoms with Crippen molar-refractivity contribution in [2.75, 3.05) is 17.6 Å².